The van der Waals surface area contributed by atoms with Crippen molar-refractivity contribution >= 4 is 23.8 Å². The van der Waals surface area contributed by atoms with E-state index >= 15 is 0 Å². The lowest BCUT2D eigenvalue weighted by Gasteiger charge is -2.18. The van der Waals surface area contributed by atoms with Crippen molar-refractivity contribution in [3.63, 3.8) is 0 Å². The van der Waals surface area contributed by atoms with Crippen molar-refractivity contribution in [2.75, 3.05) is 7.11 Å². The Kier molecular flexibility index (Phi) is 8.68. The summed E-state index contributed by atoms with van der Waals surface area (Å²) in [4.78, 5) is 29.5. The van der Waals surface area contributed by atoms with Crippen LogP contribution in [-0.2, 0) is 21.0 Å². The minimum Gasteiger partial charge on any atom is -0.503 e. The highest BCUT2D eigenvalue weighted by atomic mass is 32.2. The molecule has 162 valence electrons. The number of carbonyl (C=O) groups excluding carboxylic acids is 2. The van der Waals surface area contributed by atoms with Crippen molar-refractivity contribution in [2.45, 2.75) is 44.4 Å². The molecule has 8 heteroatoms. The predicted molar refractivity (Wildman–Crippen MR) is 116 cm³/mol. The lowest BCUT2D eigenvalue weighted by atomic mass is 10.1. The number of hydrogen-bond acceptors (Lipinski definition) is 5. The second-order valence-electron chi connectivity index (χ2n) is 7.15. The van der Waals surface area contributed by atoms with E-state index in [2.05, 4.69) is 4.72 Å². The number of aliphatic hydroxyl groups excluding tert-OH is 1. The van der Waals surface area contributed by atoms with Gasteiger partial charge >= 0.3 is 0 Å². The van der Waals surface area contributed by atoms with Crippen LogP contribution in [-0.4, -0.2) is 33.8 Å². The van der Waals surface area contributed by atoms with Crippen molar-refractivity contribution in [3.8, 4) is 0 Å². The molecule has 0 spiro atoms. The number of benzene rings is 1. The fourth-order valence-corrected chi connectivity index (χ4v) is 3.75. The van der Waals surface area contributed by atoms with E-state index in [-0.39, 0.29) is 17.1 Å². The summed E-state index contributed by atoms with van der Waals surface area (Å²) in [5.41, 5.74) is 1.84. The molecule has 0 atom stereocenters. The van der Waals surface area contributed by atoms with Gasteiger partial charge in [0.15, 0.2) is 5.76 Å². The maximum absolute atomic E-state index is 13.0. The second kappa shape index (κ2) is 11.0. The van der Waals surface area contributed by atoms with Crippen LogP contribution in [0.5, 0.6) is 0 Å². The van der Waals surface area contributed by atoms with Crippen molar-refractivity contribution in [1.82, 2.24) is 9.79 Å². The predicted octanol–water partition coefficient (Wildman–Crippen LogP) is 4.37. The van der Waals surface area contributed by atoms with Crippen LogP contribution < -0.4 is 4.72 Å². The molecule has 1 saturated carbocycles. The fourth-order valence-electron chi connectivity index (χ4n) is 2.73. The highest BCUT2D eigenvalue weighted by Gasteiger charge is 2.44. The van der Waals surface area contributed by atoms with Crippen molar-refractivity contribution < 1.29 is 23.9 Å². The summed E-state index contributed by atoms with van der Waals surface area (Å²) < 4.78 is 15.6. The average molecular weight is 435 g/mol. The third-order valence-corrected chi connectivity index (χ3v) is 5.81. The Morgan fingerprint density at radius 3 is 2.57 bits per heavy atom. The summed E-state index contributed by atoms with van der Waals surface area (Å²) in [6, 6.07) is 5.58. The molecule has 2 amide bonds. The van der Waals surface area contributed by atoms with Gasteiger partial charge in [-0.3, -0.25) is 19.1 Å². The molecule has 2 N–H and O–H groups in total. The van der Waals surface area contributed by atoms with E-state index in [1.54, 1.807) is 0 Å². The molecule has 1 aliphatic carbocycles. The van der Waals surface area contributed by atoms with Gasteiger partial charge in [0.25, 0.3) is 11.8 Å². The van der Waals surface area contributed by atoms with Gasteiger partial charge in [0.05, 0.1) is 19.7 Å². The molecule has 0 heterocycles. The van der Waals surface area contributed by atoms with E-state index in [0.29, 0.717) is 5.56 Å². The molecule has 0 bridgehead atoms. The first-order valence-electron chi connectivity index (χ1n) is 9.56. The fraction of sp³-hybridized carbons (Fsp3) is 0.364. The first-order chi connectivity index (χ1) is 14.3. The number of hydroxylamine groups is 2. The SMILES string of the molecule is C/C=C\C=C(/C)CC1(SNC(=O)/C(O)=C/C(=O)N(Cc2ccc(F)cc2)OC)CC1. The Hall–Kier alpha value is -2.58. The Morgan fingerprint density at radius 1 is 1.33 bits per heavy atom. The van der Waals surface area contributed by atoms with Gasteiger partial charge in [0.1, 0.15) is 5.82 Å². The van der Waals surface area contributed by atoms with E-state index in [0.717, 1.165) is 30.4 Å². The molecule has 1 aromatic carbocycles. The molecule has 6 nitrogen and oxygen atoms in total. The first kappa shape index (κ1) is 23.7. The Labute approximate surface area is 180 Å². The zero-order valence-electron chi connectivity index (χ0n) is 17.4. The number of halogens is 1. The number of hydrogen-bond donors (Lipinski definition) is 2. The number of nitrogens with one attached hydrogen (secondary N) is 1. The molecule has 1 aliphatic rings. The van der Waals surface area contributed by atoms with E-state index < -0.39 is 17.6 Å². The smallest absolute Gasteiger partial charge is 0.296 e. The molecule has 0 radical (unpaired) electrons. The van der Waals surface area contributed by atoms with Gasteiger partial charge in [0, 0.05) is 4.75 Å². The zero-order chi connectivity index (χ0) is 22.1. The molecule has 0 saturated heterocycles. The van der Waals surface area contributed by atoms with Crippen molar-refractivity contribution in [2.24, 2.45) is 0 Å². The van der Waals surface area contributed by atoms with Crippen LogP contribution in [0.25, 0.3) is 0 Å². The van der Waals surface area contributed by atoms with E-state index in [9.17, 15) is 19.1 Å². The molecule has 1 fully saturated rings. The number of allylic oxidation sites excluding steroid dienone is 4. The minimum atomic E-state index is -0.743. The molecular formula is C22H27FN2O4S. The van der Waals surface area contributed by atoms with Crippen molar-refractivity contribution in [1.29, 1.82) is 0 Å². The minimum absolute atomic E-state index is 0.0384. The number of carbonyl (C=O) groups is 2. The van der Waals surface area contributed by atoms with Gasteiger partial charge < -0.3 is 5.11 Å². The highest BCUT2D eigenvalue weighted by molar-refractivity contribution is 7.99. The number of nitrogens with zero attached hydrogens (tertiary/aromatic N) is 1. The van der Waals surface area contributed by atoms with Gasteiger partial charge in [-0.25, -0.2) is 9.45 Å². The van der Waals surface area contributed by atoms with Gasteiger partial charge in [0.2, 0.25) is 0 Å². The van der Waals surface area contributed by atoms with E-state index in [4.69, 9.17) is 4.84 Å². The Balaban J connectivity index is 1.90. The summed E-state index contributed by atoms with van der Waals surface area (Å²) in [6.07, 6.45) is 9.55. The van der Waals surface area contributed by atoms with Crippen LogP contribution >= 0.6 is 11.9 Å². The quantitative estimate of drug-likeness (QED) is 0.188. The van der Waals surface area contributed by atoms with Gasteiger partial charge in [-0.2, -0.15) is 0 Å². The zero-order valence-corrected chi connectivity index (χ0v) is 18.2. The molecule has 30 heavy (non-hydrogen) atoms. The maximum Gasteiger partial charge on any atom is 0.296 e. The standard InChI is InChI=1S/C22H27FN2O4S/c1-4-5-6-16(2)14-22(11-12-22)30-24-21(28)19(26)13-20(27)25(29-3)15-17-7-9-18(23)10-8-17/h4-10,13,26H,11-12,14-15H2,1-3H3,(H,24,28)/b5-4-,16-6+,19-13-. The number of aliphatic hydroxyl groups is 1. The van der Waals surface area contributed by atoms with Gasteiger partial charge in [-0.1, -0.05) is 35.9 Å². The molecule has 0 aliphatic heterocycles. The van der Waals surface area contributed by atoms with Gasteiger partial charge in [-0.15, -0.1) is 0 Å². The lowest BCUT2D eigenvalue weighted by Crippen LogP contribution is -2.29. The van der Waals surface area contributed by atoms with Crippen LogP contribution in [0.15, 0.2) is 59.9 Å². The highest BCUT2D eigenvalue weighted by Crippen LogP contribution is 2.51. The van der Waals surface area contributed by atoms with Crippen LogP contribution in [0.3, 0.4) is 0 Å². The number of amides is 2. The molecule has 2 rings (SSSR count). The molecule has 0 aromatic heterocycles. The summed E-state index contributed by atoms with van der Waals surface area (Å²) in [5, 5.41) is 11.0. The molecular weight excluding hydrogens is 407 g/mol. The maximum atomic E-state index is 13.0. The van der Waals surface area contributed by atoms with E-state index in [1.165, 1.54) is 48.9 Å². The number of rotatable bonds is 10. The van der Waals surface area contributed by atoms with Gasteiger partial charge in [-0.05, 0) is 62.8 Å². The van der Waals surface area contributed by atoms with Crippen molar-refractivity contribution in [3.05, 3.63) is 71.3 Å². The topological polar surface area (TPSA) is 78.9 Å². The Bertz CT molecular complexity index is 845. The van der Waals surface area contributed by atoms with Crippen LogP contribution in [0.1, 0.15) is 38.7 Å². The second-order valence-corrected chi connectivity index (χ2v) is 8.42. The Morgan fingerprint density at radius 2 is 2.00 bits per heavy atom. The summed E-state index contributed by atoms with van der Waals surface area (Å²) in [6.45, 7) is 4.03. The largest absolute Gasteiger partial charge is 0.503 e. The third-order valence-electron chi connectivity index (χ3n) is 4.54. The van der Waals surface area contributed by atoms with Crippen LogP contribution in [0.2, 0.25) is 0 Å². The summed E-state index contributed by atoms with van der Waals surface area (Å²) in [7, 11) is 1.29. The lowest BCUT2D eigenvalue weighted by molar-refractivity contribution is -0.173. The van der Waals surface area contributed by atoms with Crippen LogP contribution in [0.4, 0.5) is 4.39 Å². The molecule has 1 aromatic rings. The van der Waals surface area contributed by atoms with E-state index in [1.807, 2.05) is 32.1 Å². The average Bonchev–Trinajstić information content (AvgIpc) is 3.49. The normalized spacial score (nSPS) is 15.9. The first-order valence-corrected chi connectivity index (χ1v) is 10.4. The monoisotopic (exact) mass is 434 g/mol. The van der Waals surface area contributed by atoms with Crippen LogP contribution in [0, 0.1) is 5.82 Å². The third kappa shape index (κ3) is 7.35. The summed E-state index contributed by atoms with van der Waals surface area (Å²) in [5.74, 6) is -2.54. The molecule has 0 unspecified atom stereocenters. The summed E-state index contributed by atoms with van der Waals surface area (Å²) >= 11 is 1.28.